The number of amides is 1. The Morgan fingerprint density at radius 1 is 0.778 bits per heavy atom. The monoisotopic (exact) mass is 361 g/mol. The first kappa shape index (κ1) is 18.2. The van der Waals surface area contributed by atoms with Gasteiger partial charge in [-0.15, -0.1) is 0 Å². The first-order chi connectivity index (χ1) is 13.2. The smallest absolute Gasteiger partial charge is 0.325 e. The van der Waals surface area contributed by atoms with Gasteiger partial charge in [0.15, 0.2) is 0 Å². The Kier molecular flexibility index (Phi) is 6.20. The third-order valence-electron chi connectivity index (χ3n) is 3.71. The molecule has 0 fully saturated rings. The van der Waals surface area contributed by atoms with Crippen molar-refractivity contribution in [1.82, 2.24) is 5.32 Å². The van der Waals surface area contributed by atoms with Gasteiger partial charge >= 0.3 is 5.97 Å². The maximum atomic E-state index is 11.9. The maximum absolute atomic E-state index is 11.9. The van der Waals surface area contributed by atoms with E-state index in [1.54, 1.807) is 24.3 Å². The first-order valence-electron chi connectivity index (χ1n) is 8.51. The van der Waals surface area contributed by atoms with Gasteiger partial charge in [-0.05, 0) is 42.0 Å². The molecule has 27 heavy (non-hydrogen) atoms. The second-order valence-electron chi connectivity index (χ2n) is 5.77. The minimum absolute atomic E-state index is 0.103. The third-order valence-corrected chi connectivity index (χ3v) is 3.71. The van der Waals surface area contributed by atoms with Crippen LogP contribution in [0.4, 0.5) is 0 Å². The van der Waals surface area contributed by atoms with Gasteiger partial charge in [0.2, 0.25) is 0 Å². The largest absolute Gasteiger partial charge is 0.460 e. The van der Waals surface area contributed by atoms with Crippen LogP contribution in [0.15, 0.2) is 84.9 Å². The topological polar surface area (TPSA) is 64.6 Å². The molecule has 136 valence electrons. The molecule has 3 aromatic rings. The van der Waals surface area contributed by atoms with Crippen LogP contribution in [0.5, 0.6) is 11.5 Å². The summed E-state index contributed by atoms with van der Waals surface area (Å²) in [6.07, 6.45) is 0. The molecule has 0 bridgehead atoms. The van der Waals surface area contributed by atoms with Gasteiger partial charge in [-0.25, -0.2) is 0 Å². The molecular weight excluding hydrogens is 342 g/mol. The van der Waals surface area contributed by atoms with Crippen molar-refractivity contribution >= 4 is 11.9 Å². The summed E-state index contributed by atoms with van der Waals surface area (Å²) in [5.41, 5.74) is 1.29. The minimum atomic E-state index is -0.506. The van der Waals surface area contributed by atoms with Gasteiger partial charge in [0.25, 0.3) is 5.91 Å². The minimum Gasteiger partial charge on any atom is -0.460 e. The number of carbonyl (C=O) groups is 2. The van der Waals surface area contributed by atoms with Gasteiger partial charge in [-0.1, -0.05) is 48.5 Å². The summed E-state index contributed by atoms with van der Waals surface area (Å²) >= 11 is 0. The van der Waals surface area contributed by atoms with Crippen LogP contribution in [0, 0.1) is 0 Å². The van der Waals surface area contributed by atoms with Crippen molar-refractivity contribution in [3.63, 3.8) is 0 Å². The molecule has 0 saturated heterocycles. The summed E-state index contributed by atoms with van der Waals surface area (Å²) in [4.78, 5) is 23.8. The van der Waals surface area contributed by atoms with Crippen LogP contribution in [-0.2, 0) is 16.1 Å². The zero-order chi connectivity index (χ0) is 18.9. The maximum Gasteiger partial charge on any atom is 0.325 e. The number of nitrogens with one attached hydrogen (secondary N) is 1. The number of para-hydroxylation sites is 1. The Balaban J connectivity index is 1.47. The molecule has 0 radical (unpaired) electrons. The summed E-state index contributed by atoms with van der Waals surface area (Å²) in [6, 6.07) is 25.4. The highest BCUT2D eigenvalue weighted by Gasteiger charge is 2.09. The Hall–Kier alpha value is -3.60. The van der Waals surface area contributed by atoms with Crippen LogP contribution in [0.3, 0.4) is 0 Å². The molecule has 3 rings (SSSR count). The molecule has 1 N–H and O–H groups in total. The van der Waals surface area contributed by atoms with E-state index < -0.39 is 5.97 Å². The Bertz CT molecular complexity index is 894. The average Bonchev–Trinajstić information content (AvgIpc) is 2.72. The standard InChI is InChI=1S/C22H19NO4/c24-21(15-23-22(25)18-9-3-1-4-10-18)26-16-17-8-7-13-20(14-17)27-19-11-5-2-6-12-19/h1-14H,15-16H2,(H,23,25). The fourth-order valence-electron chi connectivity index (χ4n) is 2.38. The molecule has 0 spiro atoms. The van der Waals surface area contributed by atoms with Gasteiger partial charge in [-0.3, -0.25) is 9.59 Å². The molecule has 0 aliphatic rings. The van der Waals surface area contributed by atoms with Crippen molar-refractivity contribution in [1.29, 1.82) is 0 Å². The van der Waals surface area contributed by atoms with Crippen LogP contribution in [0.2, 0.25) is 0 Å². The van der Waals surface area contributed by atoms with E-state index >= 15 is 0 Å². The summed E-state index contributed by atoms with van der Waals surface area (Å²) < 4.78 is 11.0. The molecule has 0 heterocycles. The normalized spacial score (nSPS) is 10.1. The number of ether oxygens (including phenoxy) is 2. The van der Waals surface area contributed by atoms with E-state index in [1.165, 1.54) is 0 Å². The molecular formula is C22H19NO4. The van der Waals surface area contributed by atoms with Gasteiger partial charge < -0.3 is 14.8 Å². The van der Waals surface area contributed by atoms with Crippen LogP contribution in [0.1, 0.15) is 15.9 Å². The molecule has 0 aliphatic carbocycles. The highest BCUT2D eigenvalue weighted by atomic mass is 16.5. The molecule has 5 heteroatoms. The van der Waals surface area contributed by atoms with Crippen LogP contribution in [-0.4, -0.2) is 18.4 Å². The SMILES string of the molecule is O=C(CNC(=O)c1ccccc1)OCc1cccc(Oc2ccccc2)c1. The van der Waals surface area contributed by atoms with Gasteiger partial charge in [0.1, 0.15) is 24.7 Å². The van der Waals surface area contributed by atoms with Crippen molar-refractivity contribution in [3.05, 3.63) is 96.1 Å². The van der Waals surface area contributed by atoms with Crippen molar-refractivity contribution in [2.45, 2.75) is 6.61 Å². The van der Waals surface area contributed by atoms with Crippen LogP contribution in [0.25, 0.3) is 0 Å². The molecule has 0 unspecified atom stereocenters. The lowest BCUT2D eigenvalue weighted by Gasteiger charge is -2.09. The number of carbonyl (C=O) groups excluding carboxylic acids is 2. The zero-order valence-electron chi connectivity index (χ0n) is 14.6. The Labute approximate surface area is 157 Å². The van der Waals surface area contributed by atoms with E-state index in [0.717, 1.165) is 11.3 Å². The van der Waals surface area contributed by atoms with E-state index in [2.05, 4.69) is 5.32 Å². The van der Waals surface area contributed by atoms with Crippen molar-refractivity contribution in [2.24, 2.45) is 0 Å². The fraction of sp³-hybridized carbons (Fsp3) is 0.0909. The molecule has 0 atom stereocenters. The Morgan fingerprint density at radius 2 is 1.44 bits per heavy atom. The first-order valence-corrected chi connectivity index (χ1v) is 8.51. The second-order valence-corrected chi connectivity index (χ2v) is 5.77. The molecule has 3 aromatic carbocycles. The van der Waals surface area contributed by atoms with E-state index in [9.17, 15) is 9.59 Å². The zero-order valence-corrected chi connectivity index (χ0v) is 14.6. The predicted octanol–water partition coefficient (Wildman–Crippen LogP) is 3.95. The average molecular weight is 361 g/mol. The molecule has 0 aromatic heterocycles. The lowest BCUT2D eigenvalue weighted by Crippen LogP contribution is -2.30. The molecule has 5 nitrogen and oxygen atoms in total. The highest BCUT2D eigenvalue weighted by Crippen LogP contribution is 2.22. The van der Waals surface area contributed by atoms with Crippen molar-refractivity contribution in [3.8, 4) is 11.5 Å². The summed E-state index contributed by atoms with van der Waals surface area (Å²) in [5.74, 6) is 0.571. The number of hydrogen-bond acceptors (Lipinski definition) is 4. The van der Waals surface area contributed by atoms with E-state index in [0.29, 0.717) is 11.3 Å². The fourth-order valence-corrected chi connectivity index (χ4v) is 2.38. The lowest BCUT2D eigenvalue weighted by molar-refractivity contribution is -0.143. The molecule has 0 saturated carbocycles. The van der Waals surface area contributed by atoms with E-state index in [1.807, 2.05) is 60.7 Å². The quantitative estimate of drug-likeness (QED) is 0.647. The van der Waals surface area contributed by atoms with Crippen LogP contribution < -0.4 is 10.1 Å². The van der Waals surface area contributed by atoms with Gasteiger partial charge in [0, 0.05) is 5.56 Å². The number of hydrogen-bond donors (Lipinski definition) is 1. The van der Waals surface area contributed by atoms with Gasteiger partial charge in [0.05, 0.1) is 0 Å². The summed E-state index contributed by atoms with van der Waals surface area (Å²) in [7, 11) is 0. The number of rotatable bonds is 7. The second kappa shape index (κ2) is 9.20. The van der Waals surface area contributed by atoms with Gasteiger partial charge in [-0.2, -0.15) is 0 Å². The highest BCUT2D eigenvalue weighted by molar-refractivity contribution is 5.95. The number of benzene rings is 3. The Morgan fingerprint density at radius 3 is 2.19 bits per heavy atom. The predicted molar refractivity (Wildman–Crippen MR) is 102 cm³/mol. The third kappa shape index (κ3) is 5.71. The lowest BCUT2D eigenvalue weighted by atomic mass is 10.2. The van der Waals surface area contributed by atoms with Crippen molar-refractivity contribution in [2.75, 3.05) is 6.54 Å². The molecule has 1 amide bonds. The van der Waals surface area contributed by atoms with Crippen LogP contribution >= 0.6 is 0 Å². The van der Waals surface area contributed by atoms with E-state index in [-0.39, 0.29) is 19.1 Å². The summed E-state index contributed by atoms with van der Waals surface area (Å²) in [6.45, 7) is -0.0834. The summed E-state index contributed by atoms with van der Waals surface area (Å²) in [5, 5.41) is 2.54. The van der Waals surface area contributed by atoms with E-state index in [4.69, 9.17) is 9.47 Å². The number of esters is 1. The molecule has 0 aliphatic heterocycles. The van der Waals surface area contributed by atoms with Crippen molar-refractivity contribution < 1.29 is 19.1 Å².